The molecule has 2 heterocycles. The van der Waals surface area contributed by atoms with Crippen molar-refractivity contribution in [3.05, 3.63) is 28.3 Å². The first-order valence-electron chi connectivity index (χ1n) is 5.66. The third kappa shape index (κ3) is 2.92. The first kappa shape index (κ1) is 12.7. The molecule has 0 unspecified atom stereocenters. The van der Waals surface area contributed by atoms with Crippen LogP contribution in [0.3, 0.4) is 0 Å². The number of nitrogens with zero attached hydrogens (tertiary/aromatic N) is 4. The normalized spacial score (nSPS) is 10.6. The van der Waals surface area contributed by atoms with E-state index in [0.29, 0.717) is 23.9 Å². The quantitative estimate of drug-likeness (QED) is 0.898. The van der Waals surface area contributed by atoms with Crippen LogP contribution in [-0.2, 0) is 6.54 Å². The van der Waals surface area contributed by atoms with Crippen molar-refractivity contribution < 1.29 is 4.79 Å². The highest BCUT2D eigenvalue weighted by molar-refractivity contribution is 7.07. The van der Waals surface area contributed by atoms with Crippen molar-refractivity contribution in [1.82, 2.24) is 24.5 Å². The molecule has 0 aromatic carbocycles. The second kappa shape index (κ2) is 5.26. The lowest BCUT2D eigenvalue weighted by Gasteiger charge is -2.05. The highest BCUT2D eigenvalue weighted by Crippen LogP contribution is 2.03. The third-order valence-corrected chi connectivity index (χ3v) is 3.24. The highest BCUT2D eigenvalue weighted by atomic mass is 32.1. The maximum atomic E-state index is 11.7. The zero-order chi connectivity index (χ0) is 13.1. The summed E-state index contributed by atoms with van der Waals surface area (Å²) in [5.74, 6) is 0.450. The van der Waals surface area contributed by atoms with Gasteiger partial charge < -0.3 is 5.32 Å². The standard InChI is InChI=1S/C11H15N5OS/c1-7-6-8(2)16(14-7)5-4-12-10(17)11-13-9(3)15-18-11/h6H,4-5H2,1-3H3,(H,12,17). The lowest BCUT2D eigenvalue weighted by atomic mass is 10.4. The van der Waals surface area contributed by atoms with Crippen molar-refractivity contribution in [2.75, 3.05) is 6.54 Å². The molecule has 0 saturated carbocycles. The van der Waals surface area contributed by atoms with Gasteiger partial charge in [0.05, 0.1) is 12.2 Å². The number of hydrogen-bond donors (Lipinski definition) is 1. The average Bonchev–Trinajstić information content (AvgIpc) is 2.86. The number of carbonyl (C=O) groups is 1. The Balaban J connectivity index is 1.85. The maximum Gasteiger partial charge on any atom is 0.281 e. The zero-order valence-electron chi connectivity index (χ0n) is 10.6. The Bertz CT molecular complexity index is 560. The molecule has 1 N–H and O–H groups in total. The molecule has 18 heavy (non-hydrogen) atoms. The molecule has 0 aliphatic rings. The van der Waals surface area contributed by atoms with Crippen molar-refractivity contribution >= 4 is 17.4 Å². The second-order valence-corrected chi connectivity index (χ2v) is 4.80. The number of rotatable bonds is 4. The minimum absolute atomic E-state index is 0.179. The predicted octanol–water partition coefficient (Wildman–Crippen LogP) is 1.09. The molecule has 0 bridgehead atoms. The SMILES string of the molecule is Cc1cc(C)n(CCNC(=O)c2nc(C)ns2)n1. The summed E-state index contributed by atoms with van der Waals surface area (Å²) in [6.07, 6.45) is 0. The van der Waals surface area contributed by atoms with Crippen LogP contribution in [0.5, 0.6) is 0 Å². The van der Waals surface area contributed by atoms with Crippen LogP contribution in [0.1, 0.15) is 27.0 Å². The van der Waals surface area contributed by atoms with Crippen LogP contribution in [0, 0.1) is 20.8 Å². The molecule has 0 radical (unpaired) electrons. The first-order chi connectivity index (χ1) is 8.56. The van der Waals surface area contributed by atoms with Gasteiger partial charge in [-0.2, -0.15) is 9.47 Å². The van der Waals surface area contributed by atoms with Gasteiger partial charge in [0.15, 0.2) is 0 Å². The molecule has 2 aromatic heterocycles. The topological polar surface area (TPSA) is 72.7 Å². The fourth-order valence-corrected chi connectivity index (χ4v) is 2.23. The van der Waals surface area contributed by atoms with Crippen LogP contribution in [0.2, 0.25) is 0 Å². The van der Waals surface area contributed by atoms with E-state index >= 15 is 0 Å². The minimum Gasteiger partial charge on any atom is -0.348 e. The van der Waals surface area contributed by atoms with Gasteiger partial charge in [0.1, 0.15) is 5.82 Å². The van der Waals surface area contributed by atoms with Crippen LogP contribution in [0.15, 0.2) is 6.07 Å². The smallest absolute Gasteiger partial charge is 0.281 e. The van der Waals surface area contributed by atoms with Crippen LogP contribution >= 0.6 is 11.5 Å². The van der Waals surface area contributed by atoms with E-state index in [2.05, 4.69) is 19.8 Å². The molecule has 0 atom stereocenters. The van der Waals surface area contributed by atoms with E-state index in [-0.39, 0.29) is 5.91 Å². The average molecular weight is 265 g/mol. The summed E-state index contributed by atoms with van der Waals surface area (Å²) in [4.78, 5) is 15.7. The molecule has 96 valence electrons. The van der Waals surface area contributed by atoms with Crippen molar-refractivity contribution in [2.24, 2.45) is 0 Å². The number of nitrogens with one attached hydrogen (secondary N) is 1. The lowest BCUT2D eigenvalue weighted by molar-refractivity contribution is 0.0951. The van der Waals surface area contributed by atoms with Crippen molar-refractivity contribution in [1.29, 1.82) is 0 Å². The summed E-state index contributed by atoms with van der Waals surface area (Å²) in [5, 5.41) is 7.53. The van der Waals surface area contributed by atoms with Crippen LogP contribution in [-0.4, -0.2) is 31.6 Å². The van der Waals surface area contributed by atoms with Gasteiger partial charge in [0.25, 0.3) is 5.91 Å². The summed E-state index contributed by atoms with van der Waals surface area (Å²) < 4.78 is 5.85. The Hall–Kier alpha value is -1.76. The van der Waals surface area contributed by atoms with Gasteiger partial charge in [-0.1, -0.05) is 0 Å². The number of amides is 1. The van der Waals surface area contributed by atoms with Crippen LogP contribution in [0.4, 0.5) is 0 Å². The Morgan fingerprint density at radius 2 is 2.22 bits per heavy atom. The molecule has 0 aliphatic carbocycles. The second-order valence-electron chi connectivity index (χ2n) is 4.05. The fourth-order valence-electron chi connectivity index (χ4n) is 1.64. The molecular formula is C11H15N5OS. The monoisotopic (exact) mass is 265 g/mol. The van der Waals surface area contributed by atoms with Gasteiger partial charge in [-0.05, 0) is 38.4 Å². The van der Waals surface area contributed by atoms with E-state index in [1.54, 1.807) is 6.92 Å². The minimum atomic E-state index is -0.179. The highest BCUT2D eigenvalue weighted by Gasteiger charge is 2.10. The van der Waals surface area contributed by atoms with E-state index in [9.17, 15) is 4.79 Å². The molecule has 1 amide bonds. The zero-order valence-corrected chi connectivity index (χ0v) is 11.4. The predicted molar refractivity (Wildman–Crippen MR) is 68.7 cm³/mol. The largest absolute Gasteiger partial charge is 0.348 e. The molecule has 0 fully saturated rings. The van der Waals surface area contributed by atoms with Gasteiger partial charge in [0.2, 0.25) is 5.01 Å². The van der Waals surface area contributed by atoms with E-state index in [1.165, 1.54) is 0 Å². The van der Waals surface area contributed by atoms with Crippen molar-refractivity contribution in [3.8, 4) is 0 Å². The number of aromatic nitrogens is 4. The van der Waals surface area contributed by atoms with Gasteiger partial charge in [-0.15, -0.1) is 0 Å². The number of carbonyl (C=O) groups excluding carboxylic acids is 1. The van der Waals surface area contributed by atoms with E-state index in [1.807, 2.05) is 24.6 Å². The maximum absolute atomic E-state index is 11.7. The summed E-state index contributed by atoms with van der Waals surface area (Å²) in [6, 6.07) is 2.01. The van der Waals surface area contributed by atoms with Gasteiger partial charge in [-0.25, -0.2) is 4.98 Å². The fraction of sp³-hybridized carbons (Fsp3) is 0.455. The Morgan fingerprint density at radius 1 is 1.44 bits per heavy atom. The van der Waals surface area contributed by atoms with E-state index < -0.39 is 0 Å². The molecular weight excluding hydrogens is 250 g/mol. The Kier molecular flexibility index (Phi) is 3.71. The number of aryl methyl sites for hydroxylation is 3. The molecule has 7 heteroatoms. The molecule has 2 rings (SSSR count). The summed E-state index contributed by atoms with van der Waals surface area (Å²) in [6.45, 7) is 6.90. The van der Waals surface area contributed by atoms with Gasteiger partial charge in [0, 0.05) is 12.2 Å². The van der Waals surface area contributed by atoms with Crippen molar-refractivity contribution in [2.45, 2.75) is 27.3 Å². The first-order valence-corrected chi connectivity index (χ1v) is 6.43. The van der Waals surface area contributed by atoms with Gasteiger partial charge in [-0.3, -0.25) is 9.48 Å². The van der Waals surface area contributed by atoms with Crippen molar-refractivity contribution in [3.63, 3.8) is 0 Å². The lowest BCUT2D eigenvalue weighted by Crippen LogP contribution is -2.27. The third-order valence-electron chi connectivity index (χ3n) is 2.43. The molecule has 0 saturated heterocycles. The number of hydrogen-bond acceptors (Lipinski definition) is 5. The summed E-state index contributed by atoms with van der Waals surface area (Å²) in [5.41, 5.74) is 2.08. The van der Waals surface area contributed by atoms with Crippen LogP contribution in [0.25, 0.3) is 0 Å². The molecule has 0 spiro atoms. The molecule has 6 nitrogen and oxygen atoms in total. The van der Waals surface area contributed by atoms with Gasteiger partial charge >= 0.3 is 0 Å². The molecule has 0 aliphatic heterocycles. The Labute approximate surface area is 109 Å². The summed E-state index contributed by atoms with van der Waals surface area (Å²) >= 11 is 1.12. The van der Waals surface area contributed by atoms with E-state index in [4.69, 9.17) is 0 Å². The summed E-state index contributed by atoms with van der Waals surface area (Å²) in [7, 11) is 0. The van der Waals surface area contributed by atoms with E-state index in [0.717, 1.165) is 22.9 Å². The van der Waals surface area contributed by atoms with Crippen LogP contribution < -0.4 is 5.32 Å². The Morgan fingerprint density at radius 3 is 2.78 bits per heavy atom. The molecule has 2 aromatic rings.